The number of carbonyl (C=O) groups excluding carboxylic acids is 3. The molecule has 47 heavy (non-hydrogen) atoms. The molecule has 6 heterocycles. The Morgan fingerprint density at radius 3 is 2.55 bits per heavy atom. The van der Waals surface area contributed by atoms with E-state index in [4.69, 9.17) is 0 Å². The van der Waals surface area contributed by atoms with E-state index in [2.05, 4.69) is 35.6 Å². The van der Waals surface area contributed by atoms with Crippen LogP contribution in [0, 0.1) is 12.8 Å². The molecule has 6 rings (SSSR count). The van der Waals surface area contributed by atoms with Gasteiger partial charge in [-0.1, -0.05) is 0 Å². The highest BCUT2D eigenvalue weighted by atomic mass is 32.2. The van der Waals surface area contributed by atoms with Gasteiger partial charge in [-0.2, -0.15) is 13.2 Å². The smallest absolute Gasteiger partial charge is 0.346 e. The molecule has 2 aliphatic heterocycles. The maximum atomic E-state index is 14.1. The Balaban J connectivity index is 1.21. The molecule has 0 saturated carbocycles. The predicted octanol–water partition coefficient (Wildman–Crippen LogP) is 2.09. The number of urea groups is 1. The van der Waals surface area contributed by atoms with Crippen LogP contribution in [0.25, 0.3) is 22.3 Å². The number of aromatic nitrogens is 5. The number of anilines is 1. The van der Waals surface area contributed by atoms with Crippen LogP contribution in [0.1, 0.15) is 28.2 Å². The summed E-state index contributed by atoms with van der Waals surface area (Å²) in [6.07, 6.45) is 0.169. The van der Waals surface area contributed by atoms with Gasteiger partial charge in [0.25, 0.3) is 11.8 Å². The number of hydrogen-bond donors (Lipinski definition) is 3. The van der Waals surface area contributed by atoms with Gasteiger partial charge in [-0.3, -0.25) is 24.9 Å². The number of alkyl halides is 3. The van der Waals surface area contributed by atoms with Crippen molar-refractivity contribution in [2.45, 2.75) is 36.5 Å². The number of fused-ring (bicyclic) bond motifs is 1. The Morgan fingerprint density at radius 2 is 1.85 bits per heavy atom. The van der Waals surface area contributed by atoms with Gasteiger partial charge in [-0.25, -0.2) is 28.2 Å². The molecule has 0 bridgehead atoms. The Labute approximate surface area is 265 Å². The lowest BCUT2D eigenvalue weighted by Gasteiger charge is -2.44. The highest BCUT2D eigenvalue weighted by Crippen LogP contribution is 2.42. The van der Waals surface area contributed by atoms with Crippen molar-refractivity contribution in [2.24, 2.45) is 5.92 Å². The first kappa shape index (κ1) is 31.7. The quantitative estimate of drug-likeness (QED) is 0.255. The lowest BCUT2D eigenvalue weighted by molar-refractivity contribution is -0.196. The van der Waals surface area contributed by atoms with E-state index in [0.717, 1.165) is 6.26 Å². The molecule has 18 heteroatoms. The predicted molar refractivity (Wildman–Crippen MR) is 160 cm³/mol. The summed E-state index contributed by atoms with van der Waals surface area (Å²) in [5.74, 6) is -3.76. The minimum absolute atomic E-state index is 0.000911. The molecule has 4 amide bonds. The summed E-state index contributed by atoms with van der Waals surface area (Å²) in [6, 6.07) is 6.91. The van der Waals surface area contributed by atoms with Crippen LogP contribution >= 0.6 is 0 Å². The molecule has 4 aromatic rings. The van der Waals surface area contributed by atoms with Gasteiger partial charge in [0.15, 0.2) is 9.84 Å². The maximum Gasteiger partial charge on any atom is 0.396 e. The highest BCUT2D eigenvalue weighted by molar-refractivity contribution is 7.90. The second kappa shape index (κ2) is 11.5. The van der Waals surface area contributed by atoms with Crippen LogP contribution in [-0.2, 0) is 21.2 Å². The average Bonchev–Trinajstić information content (AvgIpc) is 3.30. The van der Waals surface area contributed by atoms with Crippen LogP contribution in [0.2, 0.25) is 0 Å². The van der Waals surface area contributed by atoms with Crippen molar-refractivity contribution >= 4 is 44.5 Å². The normalized spacial score (nSPS) is 19.9. The Kier molecular flexibility index (Phi) is 7.77. The number of hydrogen-bond acceptors (Lipinski definition) is 11. The van der Waals surface area contributed by atoms with Crippen LogP contribution < -0.4 is 20.9 Å². The molecule has 4 aromatic heterocycles. The van der Waals surface area contributed by atoms with Gasteiger partial charge >= 0.3 is 12.2 Å². The zero-order valence-corrected chi connectivity index (χ0v) is 25.6. The van der Waals surface area contributed by atoms with Crippen molar-refractivity contribution in [1.29, 1.82) is 0 Å². The number of carbonyl (C=O) groups is 3. The van der Waals surface area contributed by atoms with Crippen LogP contribution in [0.5, 0.6) is 0 Å². The summed E-state index contributed by atoms with van der Waals surface area (Å²) < 4.78 is 66.5. The summed E-state index contributed by atoms with van der Waals surface area (Å²) >= 11 is 0. The number of nitrogens with one attached hydrogen (secondary N) is 3. The largest absolute Gasteiger partial charge is 0.396 e. The first-order valence-electron chi connectivity index (χ1n) is 14.1. The summed E-state index contributed by atoms with van der Waals surface area (Å²) in [5, 5.41) is 7.47. The van der Waals surface area contributed by atoms with E-state index in [-0.39, 0.29) is 41.6 Å². The molecule has 2 saturated heterocycles. The van der Waals surface area contributed by atoms with Gasteiger partial charge in [0.1, 0.15) is 11.5 Å². The van der Waals surface area contributed by atoms with Gasteiger partial charge in [0.05, 0.1) is 45.3 Å². The number of amides is 4. The van der Waals surface area contributed by atoms with E-state index in [1.165, 1.54) is 30.3 Å². The third-order valence-electron chi connectivity index (χ3n) is 8.09. The fourth-order valence-corrected chi connectivity index (χ4v) is 6.60. The number of piperidine rings is 1. The Hall–Kier alpha value is -5.26. The molecule has 0 aliphatic carbocycles. The Bertz CT molecular complexity index is 2060. The topological polar surface area (TPSA) is 189 Å². The number of aryl methyl sites for hydroxylation is 1. The summed E-state index contributed by atoms with van der Waals surface area (Å²) in [6.45, 7) is 0.853. The first-order valence-corrected chi connectivity index (χ1v) is 16.0. The van der Waals surface area contributed by atoms with Crippen LogP contribution in [0.3, 0.4) is 0 Å². The van der Waals surface area contributed by atoms with E-state index in [9.17, 15) is 36.0 Å². The third kappa shape index (κ3) is 6.15. The molecule has 0 unspecified atom stereocenters. The average molecular weight is 670 g/mol. The second-order valence-corrected chi connectivity index (χ2v) is 13.2. The highest BCUT2D eigenvalue weighted by Gasteiger charge is 2.63. The number of imide groups is 1. The number of sulfone groups is 1. The minimum atomic E-state index is -4.80. The van der Waals surface area contributed by atoms with Crippen LogP contribution in [0.4, 0.5) is 23.9 Å². The second-order valence-electron chi connectivity index (χ2n) is 11.2. The van der Waals surface area contributed by atoms with Crippen molar-refractivity contribution in [1.82, 2.24) is 40.9 Å². The monoisotopic (exact) mass is 669 g/mol. The molecule has 2 atom stereocenters. The van der Waals surface area contributed by atoms with Gasteiger partial charge < -0.3 is 15.5 Å². The summed E-state index contributed by atoms with van der Waals surface area (Å²) in [4.78, 5) is 59.8. The molecule has 1 spiro atoms. The van der Waals surface area contributed by atoms with E-state index in [1.807, 2.05) is 5.32 Å². The number of nitrogens with zero attached hydrogens (tertiary/aromatic N) is 6. The van der Waals surface area contributed by atoms with Gasteiger partial charge in [-0.15, -0.1) is 0 Å². The van der Waals surface area contributed by atoms with Gasteiger partial charge in [-0.05, 0) is 43.7 Å². The van der Waals surface area contributed by atoms with Crippen molar-refractivity contribution in [2.75, 3.05) is 24.2 Å². The van der Waals surface area contributed by atoms with Crippen molar-refractivity contribution in [3.63, 3.8) is 0 Å². The molecule has 244 valence electrons. The number of pyridine rings is 3. The number of halogens is 3. The van der Waals surface area contributed by atoms with E-state index < -0.39 is 51.9 Å². The Morgan fingerprint density at radius 1 is 1.09 bits per heavy atom. The van der Waals surface area contributed by atoms with E-state index in [0.29, 0.717) is 28.0 Å². The van der Waals surface area contributed by atoms with E-state index in [1.54, 1.807) is 30.5 Å². The lowest BCUT2D eigenvalue weighted by atomic mass is 9.77. The first-order chi connectivity index (χ1) is 22.1. The fourth-order valence-electron chi connectivity index (χ4n) is 5.67. The molecular formula is C29H26F3N9O5S. The standard InChI is InChI=1S/C29H26F3N9O5S/c1-15-22(47(2,45)46)9-17(12-34-15)24(42)36-13-18-10-21-16(11-35-18)3-4-19(37-21)20-5-7-33-26(38-20)41-8-6-28(23(14-41)29(30,31)32)25(43)39-27(44)40-28/h3-5,7,9-12,23H,6,8,13-14H2,1-2H3,(H,36,42)(H2,39,40,43,44)/t23-,28-/m1/s1. The maximum absolute atomic E-state index is 14.1. The van der Waals surface area contributed by atoms with Gasteiger partial charge in [0.2, 0.25) is 5.95 Å². The zero-order chi connectivity index (χ0) is 33.7. The van der Waals surface area contributed by atoms with Crippen molar-refractivity contribution < 1.29 is 36.0 Å². The SMILES string of the molecule is Cc1ncc(C(=O)NCc2cc3nc(-c4ccnc(N5CC[C@@]6(NC(=O)NC6=O)[C@H](C(F)(F)F)C5)n4)ccc3cn2)cc1S(C)(=O)=O. The molecule has 2 fully saturated rings. The van der Waals surface area contributed by atoms with Crippen molar-refractivity contribution in [3.05, 3.63) is 65.9 Å². The number of rotatable bonds is 6. The molecule has 14 nitrogen and oxygen atoms in total. The minimum Gasteiger partial charge on any atom is -0.346 e. The van der Waals surface area contributed by atoms with Crippen molar-refractivity contribution in [3.8, 4) is 11.4 Å². The molecular weight excluding hydrogens is 643 g/mol. The molecule has 2 aliphatic rings. The molecule has 3 N–H and O–H groups in total. The zero-order valence-electron chi connectivity index (χ0n) is 24.8. The van der Waals surface area contributed by atoms with Crippen LogP contribution in [0.15, 0.2) is 53.8 Å². The van der Waals surface area contributed by atoms with E-state index >= 15 is 0 Å². The fraction of sp³-hybridized carbons (Fsp3) is 0.310. The molecule has 0 radical (unpaired) electrons. The summed E-state index contributed by atoms with van der Waals surface area (Å²) in [5.41, 5.74) is -0.0917. The third-order valence-corrected chi connectivity index (χ3v) is 9.30. The van der Waals surface area contributed by atoms with Crippen LogP contribution in [-0.4, -0.2) is 82.2 Å². The van der Waals surface area contributed by atoms with Gasteiger partial charge in [0, 0.05) is 43.3 Å². The molecule has 0 aromatic carbocycles. The summed E-state index contributed by atoms with van der Waals surface area (Å²) in [7, 11) is -3.58. The lowest BCUT2D eigenvalue weighted by Crippen LogP contribution is -2.65.